The van der Waals surface area contributed by atoms with Gasteiger partial charge in [-0.1, -0.05) is 30.1 Å². The maximum absolute atomic E-state index is 13.7. The van der Waals surface area contributed by atoms with E-state index in [1.54, 1.807) is 12.1 Å². The maximum Gasteiger partial charge on any atom is 0.237 e. The summed E-state index contributed by atoms with van der Waals surface area (Å²) in [4.78, 5) is 4.64. The summed E-state index contributed by atoms with van der Waals surface area (Å²) in [6.45, 7) is 0. The van der Waals surface area contributed by atoms with E-state index in [2.05, 4.69) is 10.1 Å². The minimum absolute atomic E-state index is 0. The van der Waals surface area contributed by atoms with Crippen molar-refractivity contribution in [3.8, 4) is 0 Å². The summed E-state index contributed by atoms with van der Waals surface area (Å²) in [6, 6.07) is 6.77. The van der Waals surface area contributed by atoms with E-state index < -0.39 is 5.54 Å². The molecule has 2 N–H and O–H groups in total. The molecule has 0 bridgehead atoms. The fourth-order valence-corrected chi connectivity index (χ4v) is 3.79. The Bertz CT molecular complexity index is 693. The summed E-state index contributed by atoms with van der Waals surface area (Å²) in [5.74, 6) is 0.983. The molecule has 23 heavy (non-hydrogen) atoms. The van der Waals surface area contributed by atoms with Crippen molar-refractivity contribution in [2.45, 2.75) is 55.9 Å². The van der Waals surface area contributed by atoms with Crippen molar-refractivity contribution >= 4 is 12.4 Å². The highest BCUT2D eigenvalue weighted by atomic mass is 35.5. The smallest absolute Gasteiger partial charge is 0.237 e. The topological polar surface area (TPSA) is 64.9 Å². The molecule has 2 aliphatic rings. The van der Waals surface area contributed by atoms with Crippen LogP contribution < -0.4 is 5.73 Å². The summed E-state index contributed by atoms with van der Waals surface area (Å²) in [6.07, 6.45) is 6.91. The Morgan fingerprint density at radius 3 is 2.43 bits per heavy atom. The van der Waals surface area contributed by atoms with E-state index >= 15 is 0 Å². The van der Waals surface area contributed by atoms with E-state index in [0.717, 1.165) is 50.5 Å². The second kappa shape index (κ2) is 5.87. The van der Waals surface area contributed by atoms with Gasteiger partial charge in [0.25, 0.3) is 0 Å². The van der Waals surface area contributed by atoms with Gasteiger partial charge in [0, 0.05) is 0 Å². The molecule has 4 rings (SSSR count). The Kier molecular flexibility index (Phi) is 4.19. The summed E-state index contributed by atoms with van der Waals surface area (Å²) < 4.78 is 19.3. The first-order valence-corrected chi connectivity index (χ1v) is 8.02. The molecule has 0 unspecified atom stereocenters. The van der Waals surface area contributed by atoms with Crippen LogP contribution in [0.15, 0.2) is 28.8 Å². The molecule has 0 saturated heterocycles. The third-order valence-corrected chi connectivity index (χ3v) is 5.36. The van der Waals surface area contributed by atoms with Crippen LogP contribution in [0.3, 0.4) is 0 Å². The third-order valence-electron chi connectivity index (χ3n) is 5.36. The molecule has 0 atom stereocenters. The Labute approximate surface area is 141 Å². The molecule has 1 aromatic heterocycles. The third kappa shape index (κ3) is 2.56. The van der Waals surface area contributed by atoms with Gasteiger partial charge in [-0.3, -0.25) is 0 Å². The Morgan fingerprint density at radius 1 is 1.09 bits per heavy atom. The molecule has 4 nitrogen and oxygen atoms in total. The highest BCUT2D eigenvalue weighted by molar-refractivity contribution is 5.85. The highest BCUT2D eigenvalue weighted by Gasteiger charge is 2.45. The second-order valence-electron chi connectivity index (χ2n) is 6.73. The van der Waals surface area contributed by atoms with Gasteiger partial charge in [0.15, 0.2) is 5.82 Å². The van der Waals surface area contributed by atoms with E-state index in [1.807, 2.05) is 6.07 Å². The van der Waals surface area contributed by atoms with Gasteiger partial charge in [-0.25, -0.2) is 4.39 Å². The van der Waals surface area contributed by atoms with E-state index in [1.165, 1.54) is 6.07 Å². The normalized spacial score (nSPS) is 21.5. The Morgan fingerprint density at radius 2 is 1.83 bits per heavy atom. The van der Waals surface area contributed by atoms with Gasteiger partial charge in [0.05, 0.1) is 11.0 Å². The lowest BCUT2D eigenvalue weighted by Crippen LogP contribution is -2.44. The van der Waals surface area contributed by atoms with Crippen LogP contribution in [0.5, 0.6) is 0 Å². The highest BCUT2D eigenvalue weighted by Crippen LogP contribution is 2.47. The van der Waals surface area contributed by atoms with E-state index in [4.69, 9.17) is 10.3 Å². The molecule has 0 aliphatic heterocycles. The lowest BCUT2D eigenvalue weighted by atomic mass is 9.76. The van der Waals surface area contributed by atoms with Crippen molar-refractivity contribution in [1.82, 2.24) is 10.1 Å². The first-order chi connectivity index (χ1) is 10.6. The number of benzene rings is 1. The van der Waals surface area contributed by atoms with Gasteiger partial charge in [-0.2, -0.15) is 4.98 Å². The van der Waals surface area contributed by atoms with Crippen molar-refractivity contribution in [2.75, 3.05) is 0 Å². The average molecular weight is 338 g/mol. The standard InChI is InChI=1S/C17H20FN3O.ClH/c18-13-6-3-5-12(11-13)16(7-1-2-8-16)15-20-14(21-22-15)17(19)9-4-10-17;/h3,5-6,11H,1-2,4,7-10,19H2;1H. The van der Waals surface area contributed by atoms with Gasteiger partial charge in [0.2, 0.25) is 5.89 Å². The number of aromatic nitrogens is 2. The molecular formula is C17H21ClFN3O. The Hall–Kier alpha value is -1.46. The zero-order valence-electron chi connectivity index (χ0n) is 12.9. The largest absolute Gasteiger partial charge is 0.338 e. The number of hydrogen-bond acceptors (Lipinski definition) is 4. The summed E-state index contributed by atoms with van der Waals surface area (Å²) in [5, 5.41) is 4.14. The fourth-order valence-electron chi connectivity index (χ4n) is 3.79. The van der Waals surface area contributed by atoms with Crippen LogP contribution >= 0.6 is 12.4 Å². The second-order valence-corrected chi connectivity index (χ2v) is 6.73. The predicted octanol–water partition coefficient (Wildman–Crippen LogP) is 3.83. The van der Waals surface area contributed by atoms with Crippen LogP contribution in [-0.2, 0) is 11.0 Å². The van der Waals surface area contributed by atoms with Crippen LogP contribution in [-0.4, -0.2) is 10.1 Å². The number of hydrogen-bond donors (Lipinski definition) is 1. The van der Waals surface area contributed by atoms with Crippen LogP contribution in [0.1, 0.15) is 62.2 Å². The zero-order valence-corrected chi connectivity index (χ0v) is 13.7. The van der Waals surface area contributed by atoms with E-state index in [-0.39, 0.29) is 23.6 Å². The number of nitrogens with zero attached hydrogens (tertiary/aromatic N) is 2. The molecule has 1 aromatic carbocycles. The minimum atomic E-state index is -0.427. The van der Waals surface area contributed by atoms with Gasteiger partial charge in [-0.05, 0) is 49.8 Å². The van der Waals surface area contributed by atoms with Crippen LogP contribution in [0.2, 0.25) is 0 Å². The zero-order chi connectivity index (χ0) is 15.2. The molecule has 0 amide bonds. The molecule has 2 aromatic rings. The van der Waals surface area contributed by atoms with Crippen LogP contribution in [0.25, 0.3) is 0 Å². The van der Waals surface area contributed by atoms with Gasteiger partial charge < -0.3 is 10.3 Å². The molecule has 0 radical (unpaired) electrons. The monoisotopic (exact) mass is 337 g/mol. The minimum Gasteiger partial charge on any atom is -0.338 e. The molecule has 2 fully saturated rings. The van der Waals surface area contributed by atoms with Crippen molar-refractivity contribution in [1.29, 1.82) is 0 Å². The number of rotatable bonds is 3. The Balaban J connectivity index is 0.00000156. The average Bonchev–Trinajstić information content (AvgIpc) is 3.14. The van der Waals surface area contributed by atoms with E-state index in [9.17, 15) is 4.39 Å². The van der Waals surface area contributed by atoms with Gasteiger partial charge in [0.1, 0.15) is 5.82 Å². The molecule has 1 heterocycles. The lowest BCUT2D eigenvalue weighted by Gasteiger charge is -2.34. The van der Waals surface area contributed by atoms with Crippen molar-refractivity contribution in [3.63, 3.8) is 0 Å². The van der Waals surface area contributed by atoms with Gasteiger partial charge >= 0.3 is 0 Å². The molecule has 6 heteroatoms. The summed E-state index contributed by atoms with van der Waals surface area (Å²) >= 11 is 0. The van der Waals surface area contributed by atoms with Gasteiger partial charge in [-0.15, -0.1) is 12.4 Å². The first kappa shape index (κ1) is 16.4. The molecule has 2 aliphatic carbocycles. The predicted molar refractivity (Wildman–Crippen MR) is 86.9 cm³/mol. The first-order valence-electron chi connectivity index (χ1n) is 8.02. The molecular weight excluding hydrogens is 317 g/mol. The summed E-state index contributed by atoms with van der Waals surface area (Å²) in [5.41, 5.74) is 6.45. The number of halogens is 2. The van der Waals surface area contributed by atoms with Crippen molar-refractivity contribution < 1.29 is 8.91 Å². The van der Waals surface area contributed by atoms with Crippen LogP contribution in [0.4, 0.5) is 4.39 Å². The van der Waals surface area contributed by atoms with Crippen molar-refractivity contribution in [2.24, 2.45) is 5.73 Å². The molecule has 124 valence electrons. The maximum atomic E-state index is 13.7. The van der Waals surface area contributed by atoms with Crippen LogP contribution in [0, 0.1) is 5.82 Å². The lowest BCUT2D eigenvalue weighted by molar-refractivity contribution is 0.227. The fraction of sp³-hybridized carbons (Fsp3) is 0.529. The molecule has 2 saturated carbocycles. The number of nitrogens with two attached hydrogens (primary N) is 1. The quantitative estimate of drug-likeness (QED) is 0.924. The van der Waals surface area contributed by atoms with Crippen molar-refractivity contribution in [3.05, 3.63) is 47.4 Å². The summed E-state index contributed by atoms with van der Waals surface area (Å²) in [7, 11) is 0. The van der Waals surface area contributed by atoms with E-state index in [0.29, 0.717) is 11.7 Å². The molecule has 0 spiro atoms. The SMILES string of the molecule is Cl.NC1(c2noc(C3(c4cccc(F)c4)CCCC3)n2)CCC1.